The van der Waals surface area contributed by atoms with Crippen LogP contribution in [0.5, 0.6) is 0 Å². The fourth-order valence-corrected chi connectivity index (χ4v) is 4.52. The summed E-state index contributed by atoms with van der Waals surface area (Å²) in [5.41, 5.74) is 0. The standard InChI is InChI=1S/C16H20O2/c17-9-15-11-5-1-2-6-12(11)16(10-18)14-8-4-3-7-13(14)15/h1-4,9-16H,5-8H2/t11-,12-,13+,14+,15?,16?. The second kappa shape index (κ2) is 4.83. The molecule has 96 valence electrons. The van der Waals surface area contributed by atoms with Gasteiger partial charge in [0.25, 0.3) is 0 Å². The Labute approximate surface area is 108 Å². The van der Waals surface area contributed by atoms with Crippen molar-refractivity contribution in [1.29, 1.82) is 0 Å². The molecule has 0 spiro atoms. The second-order valence-electron chi connectivity index (χ2n) is 5.97. The van der Waals surface area contributed by atoms with Crippen LogP contribution in [0.1, 0.15) is 25.7 Å². The number of aldehydes is 2. The number of allylic oxidation sites excluding steroid dienone is 4. The number of hydrogen-bond acceptors (Lipinski definition) is 2. The Morgan fingerprint density at radius 1 is 0.611 bits per heavy atom. The molecule has 1 fully saturated rings. The van der Waals surface area contributed by atoms with Crippen LogP contribution < -0.4 is 0 Å². The third-order valence-corrected chi connectivity index (χ3v) is 5.36. The molecule has 0 aromatic rings. The summed E-state index contributed by atoms with van der Waals surface area (Å²) in [7, 11) is 0. The van der Waals surface area contributed by atoms with Crippen LogP contribution in [-0.2, 0) is 9.59 Å². The lowest BCUT2D eigenvalue weighted by molar-refractivity contribution is -0.130. The first-order chi connectivity index (χ1) is 8.86. The molecule has 0 amide bonds. The van der Waals surface area contributed by atoms with Crippen molar-refractivity contribution in [2.45, 2.75) is 25.7 Å². The first kappa shape index (κ1) is 11.9. The lowest BCUT2D eigenvalue weighted by Gasteiger charge is -2.50. The quantitative estimate of drug-likeness (QED) is 0.553. The van der Waals surface area contributed by atoms with Gasteiger partial charge in [0.05, 0.1) is 0 Å². The number of carbonyl (C=O) groups is 2. The molecule has 3 rings (SSSR count). The molecule has 2 unspecified atom stereocenters. The third kappa shape index (κ3) is 1.70. The molecule has 18 heavy (non-hydrogen) atoms. The van der Waals surface area contributed by atoms with E-state index in [1.807, 2.05) is 0 Å². The van der Waals surface area contributed by atoms with E-state index in [0.717, 1.165) is 25.7 Å². The van der Waals surface area contributed by atoms with Crippen LogP contribution in [0.15, 0.2) is 24.3 Å². The van der Waals surface area contributed by atoms with Crippen LogP contribution in [0.2, 0.25) is 0 Å². The summed E-state index contributed by atoms with van der Waals surface area (Å²) in [6, 6.07) is 0. The van der Waals surface area contributed by atoms with Crippen LogP contribution in [0, 0.1) is 35.5 Å². The van der Waals surface area contributed by atoms with E-state index < -0.39 is 0 Å². The molecule has 0 saturated heterocycles. The molecular formula is C16H20O2. The maximum absolute atomic E-state index is 11.5. The number of hydrogen-bond donors (Lipinski definition) is 0. The molecule has 1 saturated carbocycles. The van der Waals surface area contributed by atoms with Gasteiger partial charge in [0.1, 0.15) is 12.6 Å². The molecule has 0 heterocycles. The average Bonchev–Trinajstić information content (AvgIpc) is 2.44. The lowest BCUT2D eigenvalue weighted by atomic mass is 9.53. The van der Waals surface area contributed by atoms with Crippen molar-refractivity contribution in [3.05, 3.63) is 24.3 Å². The van der Waals surface area contributed by atoms with Crippen LogP contribution in [0.3, 0.4) is 0 Å². The highest BCUT2D eigenvalue weighted by Gasteiger charge is 2.49. The van der Waals surface area contributed by atoms with Crippen molar-refractivity contribution in [2.75, 3.05) is 0 Å². The smallest absolute Gasteiger partial charge is 0.123 e. The minimum atomic E-state index is 0.158. The van der Waals surface area contributed by atoms with Gasteiger partial charge in [-0.15, -0.1) is 0 Å². The van der Waals surface area contributed by atoms with Crippen molar-refractivity contribution >= 4 is 12.6 Å². The Morgan fingerprint density at radius 3 is 1.11 bits per heavy atom. The summed E-state index contributed by atoms with van der Waals surface area (Å²) in [5.74, 6) is 1.91. The Hall–Kier alpha value is -1.18. The largest absolute Gasteiger partial charge is 0.303 e. The molecule has 6 atom stereocenters. The summed E-state index contributed by atoms with van der Waals surface area (Å²) >= 11 is 0. The molecule has 0 bridgehead atoms. The van der Waals surface area contributed by atoms with E-state index in [9.17, 15) is 9.59 Å². The highest BCUT2D eigenvalue weighted by Crippen LogP contribution is 2.52. The van der Waals surface area contributed by atoms with Gasteiger partial charge in [0.15, 0.2) is 0 Å². The van der Waals surface area contributed by atoms with E-state index in [4.69, 9.17) is 0 Å². The van der Waals surface area contributed by atoms with Gasteiger partial charge < -0.3 is 9.59 Å². The van der Waals surface area contributed by atoms with E-state index in [2.05, 4.69) is 24.3 Å². The Balaban J connectivity index is 1.97. The molecule has 2 heteroatoms. The molecule has 0 N–H and O–H groups in total. The van der Waals surface area contributed by atoms with Crippen LogP contribution >= 0.6 is 0 Å². The van der Waals surface area contributed by atoms with Crippen LogP contribution in [0.25, 0.3) is 0 Å². The number of fused-ring (bicyclic) bond motifs is 2. The molecule has 3 aliphatic rings. The van der Waals surface area contributed by atoms with Crippen molar-refractivity contribution in [3.63, 3.8) is 0 Å². The van der Waals surface area contributed by atoms with Gasteiger partial charge in [-0.2, -0.15) is 0 Å². The van der Waals surface area contributed by atoms with Gasteiger partial charge >= 0.3 is 0 Å². The SMILES string of the molecule is O=CC1[C@H]2CC=CC[C@@H]2C(C=O)[C@@H]2CC=CC[C@@H]12. The summed E-state index contributed by atoms with van der Waals surface area (Å²) < 4.78 is 0. The minimum Gasteiger partial charge on any atom is -0.303 e. The number of rotatable bonds is 2. The van der Waals surface area contributed by atoms with Crippen molar-refractivity contribution in [1.82, 2.24) is 0 Å². The van der Waals surface area contributed by atoms with Gasteiger partial charge in [-0.3, -0.25) is 0 Å². The monoisotopic (exact) mass is 244 g/mol. The van der Waals surface area contributed by atoms with E-state index >= 15 is 0 Å². The average molecular weight is 244 g/mol. The highest BCUT2D eigenvalue weighted by atomic mass is 16.1. The fraction of sp³-hybridized carbons (Fsp3) is 0.625. The van der Waals surface area contributed by atoms with E-state index in [0.29, 0.717) is 23.7 Å². The zero-order valence-corrected chi connectivity index (χ0v) is 10.6. The van der Waals surface area contributed by atoms with Gasteiger partial charge in [-0.1, -0.05) is 24.3 Å². The zero-order valence-electron chi connectivity index (χ0n) is 10.6. The first-order valence-electron chi connectivity index (χ1n) is 7.07. The zero-order chi connectivity index (χ0) is 12.5. The molecule has 0 aliphatic heterocycles. The molecule has 3 aliphatic carbocycles. The molecule has 0 aromatic carbocycles. The van der Waals surface area contributed by atoms with E-state index in [-0.39, 0.29) is 11.8 Å². The Bertz CT molecular complexity index is 330. The summed E-state index contributed by atoms with van der Waals surface area (Å²) in [6.07, 6.45) is 15.0. The summed E-state index contributed by atoms with van der Waals surface area (Å²) in [6.45, 7) is 0. The Kier molecular flexibility index (Phi) is 3.19. The highest BCUT2D eigenvalue weighted by molar-refractivity contribution is 5.60. The predicted octanol–water partition coefficient (Wildman–Crippen LogP) is 2.80. The molecule has 0 aromatic heterocycles. The maximum atomic E-state index is 11.5. The van der Waals surface area contributed by atoms with Crippen molar-refractivity contribution < 1.29 is 9.59 Å². The summed E-state index contributed by atoms with van der Waals surface area (Å²) in [5, 5.41) is 0. The second-order valence-corrected chi connectivity index (χ2v) is 5.97. The third-order valence-electron chi connectivity index (χ3n) is 5.36. The molecule has 2 nitrogen and oxygen atoms in total. The fourth-order valence-electron chi connectivity index (χ4n) is 4.52. The first-order valence-corrected chi connectivity index (χ1v) is 7.07. The Morgan fingerprint density at radius 2 is 0.889 bits per heavy atom. The maximum Gasteiger partial charge on any atom is 0.123 e. The van der Waals surface area contributed by atoms with E-state index in [1.165, 1.54) is 12.6 Å². The molecule has 0 radical (unpaired) electrons. The van der Waals surface area contributed by atoms with Crippen LogP contribution in [0.4, 0.5) is 0 Å². The predicted molar refractivity (Wildman–Crippen MR) is 69.8 cm³/mol. The van der Waals surface area contributed by atoms with E-state index in [1.54, 1.807) is 0 Å². The van der Waals surface area contributed by atoms with Gasteiger partial charge in [0, 0.05) is 11.8 Å². The topological polar surface area (TPSA) is 34.1 Å². The van der Waals surface area contributed by atoms with Crippen molar-refractivity contribution in [2.24, 2.45) is 35.5 Å². The normalized spacial score (nSPS) is 46.0. The summed E-state index contributed by atoms with van der Waals surface area (Å²) in [4.78, 5) is 23.1. The van der Waals surface area contributed by atoms with Crippen molar-refractivity contribution in [3.8, 4) is 0 Å². The van der Waals surface area contributed by atoms with Gasteiger partial charge in [-0.25, -0.2) is 0 Å². The minimum absolute atomic E-state index is 0.158. The lowest BCUT2D eigenvalue weighted by Crippen LogP contribution is -2.48. The van der Waals surface area contributed by atoms with Gasteiger partial charge in [-0.05, 0) is 49.4 Å². The molecular weight excluding hydrogens is 224 g/mol. The van der Waals surface area contributed by atoms with Crippen LogP contribution in [-0.4, -0.2) is 12.6 Å². The van der Waals surface area contributed by atoms with Gasteiger partial charge in [0.2, 0.25) is 0 Å². The number of carbonyl (C=O) groups excluding carboxylic acids is 2.